The van der Waals surface area contributed by atoms with E-state index in [1.54, 1.807) is 4.90 Å². The molecule has 0 fully saturated rings. The molecule has 2 N–H and O–H groups in total. The average Bonchev–Trinajstić information content (AvgIpc) is 2.85. The number of carbonyl (C=O) groups excluding carboxylic acids is 1. The largest absolute Gasteiger partial charge is 0.379 e. The molecule has 7 nitrogen and oxygen atoms in total. The number of benzene rings is 1. The maximum Gasteiger partial charge on any atom is 0.284 e. The van der Waals surface area contributed by atoms with E-state index in [0.29, 0.717) is 6.54 Å². The lowest BCUT2D eigenvalue weighted by Crippen LogP contribution is -2.43. The minimum absolute atomic E-state index is 0.0152. The number of carbonyl (C=O) groups is 1. The first kappa shape index (κ1) is 11.5. The van der Waals surface area contributed by atoms with E-state index < -0.39 is 0 Å². The molecule has 1 aromatic heterocycles. The molecule has 98 valence electrons. The number of para-hydroxylation sites is 2. The van der Waals surface area contributed by atoms with Crippen molar-refractivity contribution in [1.29, 1.82) is 0 Å². The first-order valence-electron chi connectivity index (χ1n) is 5.88. The van der Waals surface area contributed by atoms with Gasteiger partial charge in [-0.3, -0.25) is 4.79 Å². The van der Waals surface area contributed by atoms with E-state index in [9.17, 15) is 4.79 Å². The molecule has 0 radical (unpaired) electrons. The molecule has 2 heterocycles. The van der Waals surface area contributed by atoms with Gasteiger partial charge in [-0.25, -0.2) is 4.63 Å². The minimum Gasteiger partial charge on any atom is -0.379 e. The lowest BCUT2D eigenvalue weighted by Gasteiger charge is -2.35. The molecule has 1 amide bonds. The highest BCUT2D eigenvalue weighted by Gasteiger charge is 2.29. The van der Waals surface area contributed by atoms with E-state index >= 15 is 0 Å². The number of amides is 1. The Morgan fingerprint density at radius 1 is 1.26 bits per heavy atom. The van der Waals surface area contributed by atoms with Crippen molar-refractivity contribution in [3.8, 4) is 0 Å². The molecule has 0 aliphatic carbocycles. The van der Waals surface area contributed by atoms with Crippen LogP contribution in [0.15, 0.2) is 28.9 Å². The number of nitrogens with zero attached hydrogens (tertiary/aromatic N) is 4. The number of hydrogen-bond acceptors (Lipinski definition) is 6. The van der Waals surface area contributed by atoms with Crippen molar-refractivity contribution >= 4 is 23.1 Å². The first-order valence-corrected chi connectivity index (χ1v) is 5.88. The number of likely N-dealkylation sites (N-methyl/N-ethyl adjacent to an activating group) is 1. The monoisotopic (exact) mass is 259 g/mol. The van der Waals surface area contributed by atoms with Crippen LogP contribution in [-0.2, 0) is 0 Å². The summed E-state index contributed by atoms with van der Waals surface area (Å²) in [6.07, 6.45) is 0. The Labute approximate surface area is 109 Å². The van der Waals surface area contributed by atoms with Crippen LogP contribution >= 0.6 is 0 Å². The molecular weight excluding hydrogens is 246 g/mol. The maximum absolute atomic E-state index is 12.4. The fourth-order valence-corrected chi connectivity index (χ4v) is 2.19. The molecule has 2 aromatic rings. The van der Waals surface area contributed by atoms with Crippen LogP contribution in [0.1, 0.15) is 10.5 Å². The normalized spacial score (nSPS) is 14.4. The van der Waals surface area contributed by atoms with Gasteiger partial charge in [-0.1, -0.05) is 12.1 Å². The lowest BCUT2D eigenvalue weighted by molar-refractivity contribution is 0.0978. The maximum atomic E-state index is 12.4. The van der Waals surface area contributed by atoms with E-state index in [2.05, 4.69) is 19.8 Å². The second-order valence-corrected chi connectivity index (χ2v) is 4.37. The van der Waals surface area contributed by atoms with Crippen molar-refractivity contribution in [3.63, 3.8) is 0 Å². The van der Waals surface area contributed by atoms with Gasteiger partial charge in [-0.15, -0.1) is 0 Å². The average molecular weight is 259 g/mol. The Morgan fingerprint density at radius 3 is 2.68 bits per heavy atom. The third-order valence-corrected chi connectivity index (χ3v) is 3.20. The molecule has 0 unspecified atom stereocenters. The van der Waals surface area contributed by atoms with Gasteiger partial charge in [0.2, 0.25) is 11.5 Å². The Balaban J connectivity index is 2.01. The van der Waals surface area contributed by atoms with Crippen LogP contribution in [0.4, 0.5) is 17.2 Å². The summed E-state index contributed by atoms with van der Waals surface area (Å²) in [7, 11) is 1.99. The zero-order valence-electron chi connectivity index (χ0n) is 10.4. The Bertz CT molecular complexity index is 624. The highest BCUT2D eigenvalue weighted by Crippen LogP contribution is 2.32. The Kier molecular flexibility index (Phi) is 2.59. The van der Waals surface area contributed by atoms with Crippen molar-refractivity contribution in [2.75, 3.05) is 35.7 Å². The second-order valence-electron chi connectivity index (χ2n) is 4.37. The number of rotatable bonds is 1. The number of anilines is 3. The second kappa shape index (κ2) is 4.27. The molecule has 1 aliphatic heterocycles. The van der Waals surface area contributed by atoms with E-state index in [4.69, 9.17) is 5.73 Å². The summed E-state index contributed by atoms with van der Waals surface area (Å²) in [5, 5.41) is 7.00. The number of fused-ring (bicyclic) bond motifs is 1. The Morgan fingerprint density at radius 2 is 2.00 bits per heavy atom. The van der Waals surface area contributed by atoms with Crippen molar-refractivity contribution in [2.24, 2.45) is 0 Å². The third kappa shape index (κ3) is 1.79. The number of nitrogen functional groups attached to an aromatic ring is 1. The molecule has 0 atom stereocenters. The zero-order valence-corrected chi connectivity index (χ0v) is 10.4. The molecule has 0 spiro atoms. The third-order valence-electron chi connectivity index (χ3n) is 3.20. The summed E-state index contributed by atoms with van der Waals surface area (Å²) in [4.78, 5) is 16.2. The molecule has 1 aromatic carbocycles. The standard InChI is InChI=1S/C12H13N5O2/c1-16-6-7-17(9-5-3-2-4-8(9)16)12(18)10-11(13)15-19-14-10/h2-5H,6-7H2,1H3,(H2,13,15). The van der Waals surface area contributed by atoms with Crippen LogP contribution in [0.5, 0.6) is 0 Å². The smallest absolute Gasteiger partial charge is 0.284 e. The summed E-state index contributed by atoms with van der Waals surface area (Å²) >= 11 is 0. The fourth-order valence-electron chi connectivity index (χ4n) is 2.19. The summed E-state index contributed by atoms with van der Waals surface area (Å²) in [6.45, 7) is 1.31. The van der Waals surface area contributed by atoms with Gasteiger partial charge in [-0.2, -0.15) is 0 Å². The van der Waals surface area contributed by atoms with Crippen LogP contribution in [-0.4, -0.2) is 36.4 Å². The van der Waals surface area contributed by atoms with Gasteiger partial charge in [0.05, 0.1) is 11.4 Å². The fraction of sp³-hybridized carbons (Fsp3) is 0.250. The molecule has 0 bridgehead atoms. The van der Waals surface area contributed by atoms with Gasteiger partial charge in [0.1, 0.15) is 0 Å². The summed E-state index contributed by atoms with van der Waals surface area (Å²) in [5.41, 5.74) is 7.46. The molecule has 1 aliphatic rings. The molecular formula is C12H13N5O2. The van der Waals surface area contributed by atoms with Gasteiger partial charge < -0.3 is 15.5 Å². The molecule has 19 heavy (non-hydrogen) atoms. The van der Waals surface area contributed by atoms with Crippen LogP contribution in [0.2, 0.25) is 0 Å². The van der Waals surface area contributed by atoms with E-state index in [1.165, 1.54) is 0 Å². The van der Waals surface area contributed by atoms with Gasteiger partial charge >= 0.3 is 0 Å². The highest BCUT2D eigenvalue weighted by atomic mass is 16.6. The minimum atomic E-state index is -0.292. The van der Waals surface area contributed by atoms with E-state index in [1.807, 2.05) is 31.3 Å². The summed E-state index contributed by atoms with van der Waals surface area (Å²) in [6, 6.07) is 7.70. The predicted octanol–water partition coefficient (Wildman–Crippen LogP) is 0.748. The van der Waals surface area contributed by atoms with E-state index in [0.717, 1.165) is 17.9 Å². The number of nitrogens with two attached hydrogens (primary N) is 1. The number of aromatic nitrogens is 2. The van der Waals surface area contributed by atoms with Gasteiger partial charge in [-0.05, 0) is 22.4 Å². The van der Waals surface area contributed by atoms with Gasteiger partial charge in [0.25, 0.3) is 5.91 Å². The van der Waals surface area contributed by atoms with Crippen LogP contribution in [0.3, 0.4) is 0 Å². The predicted molar refractivity (Wildman–Crippen MR) is 70.1 cm³/mol. The Hall–Kier alpha value is -2.57. The zero-order chi connectivity index (χ0) is 13.4. The molecule has 0 saturated heterocycles. The van der Waals surface area contributed by atoms with Crippen LogP contribution in [0.25, 0.3) is 0 Å². The number of hydrogen-bond donors (Lipinski definition) is 1. The van der Waals surface area contributed by atoms with E-state index in [-0.39, 0.29) is 17.4 Å². The first-order chi connectivity index (χ1) is 9.18. The van der Waals surface area contributed by atoms with Crippen LogP contribution < -0.4 is 15.5 Å². The molecule has 3 rings (SSSR count). The summed E-state index contributed by atoms with van der Waals surface area (Å²) < 4.78 is 4.48. The van der Waals surface area contributed by atoms with Crippen LogP contribution in [0, 0.1) is 0 Å². The van der Waals surface area contributed by atoms with Gasteiger partial charge in [0.15, 0.2) is 0 Å². The van der Waals surface area contributed by atoms with Crippen molar-refractivity contribution in [1.82, 2.24) is 10.3 Å². The van der Waals surface area contributed by atoms with Crippen molar-refractivity contribution in [3.05, 3.63) is 30.0 Å². The lowest BCUT2D eigenvalue weighted by atomic mass is 10.1. The molecule has 0 saturated carbocycles. The highest BCUT2D eigenvalue weighted by molar-refractivity contribution is 6.09. The van der Waals surface area contributed by atoms with Crippen molar-refractivity contribution < 1.29 is 9.42 Å². The molecule has 7 heteroatoms. The summed E-state index contributed by atoms with van der Waals surface area (Å²) in [5.74, 6) is -0.277. The van der Waals surface area contributed by atoms with Gasteiger partial charge in [0, 0.05) is 20.1 Å². The topological polar surface area (TPSA) is 88.5 Å². The van der Waals surface area contributed by atoms with Crippen molar-refractivity contribution in [2.45, 2.75) is 0 Å². The SMILES string of the molecule is CN1CCN(C(=O)c2nonc2N)c2ccccc21. The quantitative estimate of drug-likeness (QED) is 0.813.